The summed E-state index contributed by atoms with van der Waals surface area (Å²) < 4.78 is 1.21. The Balaban J connectivity index is 1.87. The van der Waals surface area contributed by atoms with Crippen molar-refractivity contribution in [3.63, 3.8) is 0 Å². The molecular weight excluding hydrogens is 314 g/mol. The second-order valence-electron chi connectivity index (χ2n) is 5.90. The van der Waals surface area contributed by atoms with Crippen molar-refractivity contribution in [3.8, 4) is 0 Å². The Morgan fingerprint density at radius 2 is 1.72 bits per heavy atom. The summed E-state index contributed by atoms with van der Waals surface area (Å²) in [7, 11) is 0. The van der Waals surface area contributed by atoms with Crippen LogP contribution in [0.25, 0.3) is 10.8 Å². The first-order chi connectivity index (χ1) is 12.1. The molecule has 0 radical (unpaired) electrons. The smallest absolute Gasteiger partial charge is 0.275 e. The van der Waals surface area contributed by atoms with Crippen LogP contribution in [0, 0.1) is 0 Å². The Morgan fingerprint density at radius 1 is 1.04 bits per heavy atom. The number of aromatic nitrogens is 2. The number of aryl methyl sites for hydroxylation is 2. The van der Waals surface area contributed by atoms with Gasteiger partial charge in [0.25, 0.3) is 5.56 Å². The van der Waals surface area contributed by atoms with E-state index >= 15 is 0 Å². The number of carbonyl (C=O) groups excluding carboxylic acids is 1. The van der Waals surface area contributed by atoms with Crippen molar-refractivity contribution in [2.75, 3.05) is 5.32 Å². The number of nitrogens with one attached hydrogen (secondary N) is 1. The van der Waals surface area contributed by atoms with Crippen molar-refractivity contribution in [2.45, 2.75) is 33.2 Å². The predicted octanol–water partition coefficient (Wildman–Crippen LogP) is 3.16. The summed E-state index contributed by atoms with van der Waals surface area (Å²) in [5, 5.41) is 8.42. The number of rotatable bonds is 5. The summed E-state index contributed by atoms with van der Waals surface area (Å²) >= 11 is 0. The highest BCUT2D eigenvalue weighted by atomic mass is 16.2. The van der Waals surface area contributed by atoms with Crippen LogP contribution in [-0.2, 0) is 24.2 Å². The van der Waals surface area contributed by atoms with Crippen molar-refractivity contribution in [2.24, 2.45) is 0 Å². The summed E-state index contributed by atoms with van der Waals surface area (Å²) in [6.07, 6.45) is 3.27. The third-order valence-electron chi connectivity index (χ3n) is 4.32. The molecule has 0 atom stereocenters. The van der Waals surface area contributed by atoms with Gasteiger partial charge in [-0.05, 0) is 30.0 Å². The molecule has 128 valence electrons. The fraction of sp³-hybridized carbons (Fsp3) is 0.250. The molecule has 0 saturated carbocycles. The zero-order valence-electron chi connectivity index (χ0n) is 14.5. The minimum absolute atomic E-state index is 0.106. The zero-order chi connectivity index (χ0) is 17.8. The van der Waals surface area contributed by atoms with Gasteiger partial charge in [-0.1, -0.05) is 50.2 Å². The third kappa shape index (κ3) is 3.45. The van der Waals surface area contributed by atoms with Gasteiger partial charge in [0.15, 0.2) is 0 Å². The van der Waals surface area contributed by atoms with Gasteiger partial charge in [-0.25, -0.2) is 4.68 Å². The molecule has 0 aliphatic carbocycles. The van der Waals surface area contributed by atoms with E-state index in [-0.39, 0.29) is 18.0 Å². The Kier molecular flexibility index (Phi) is 4.93. The first-order valence-electron chi connectivity index (χ1n) is 8.49. The highest BCUT2D eigenvalue weighted by Gasteiger charge is 2.12. The first kappa shape index (κ1) is 16.9. The lowest BCUT2D eigenvalue weighted by atomic mass is 10.0. The molecule has 1 aromatic heterocycles. The summed E-state index contributed by atoms with van der Waals surface area (Å²) in [5.41, 5.74) is 2.78. The van der Waals surface area contributed by atoms with E-state index in [0.29, 0.717) is 5.39 Å². The summed E-state index contributed by atoms with van der Waals surface area (Å²) in [6.45, 7) is 4.00. The van der Waals surface area contributed by atoms with Crippen molar-refractivity contribution in [1.82, 2.24) is 9.78 Å². The van der Waals surface area contributed by atoms with Gasteiger partial charge in [-0.2, -0.15) is 5.10 Å². The Hall–Kier alpha value is -2.95. The van der Waals surface area contributed by atoms with Gasteiger partial charge in [0.05, 0.1) is 11.6 Å². The maximum absolute atomic E-state index is 12.5. The maximum atomic E-state index is 12.5. The van der Waals surface area contributed by atoms with Gasteiger partial charge in [-0.15, -0.1) is 0 Å². The number of fused-ring (bicyclic) bond motifs is 1. The van der Waals surface area contributed by atoms with Crippen molar-refractivity contribution >= 4 is 22.4 Å². The number of anilines is 1. The number of para-hydroxylation sites is 1. The van der Waals surface area contributed by atoms with Crippen LogP contribution in [0.3, 0.4) is 0 Å². The van der Waals surface area contributed by atoms with Crippen LogP contribution in [0.4, 0.5) is 5.69 Å². The van der Waals surface area contributed by atoms with Crippen LogP contribution in [-0.4, -0.2) is 15.7 Å². The standard InChI is InChI=1S/C20H21N3O2/c1-3-14-9-7-10-15(4-2)19(14)22-18(24)13-23-20(25)17-11-6-5-8-16(17)12-21-23/h5-12H,3-4,13H2,1-2H3,(H,22,24). The van der Waals surface area contributed by atoms with Crippen LogP contribution in [0.15, 0.2) is 53.5 Å². The van der Waals surface area contributed by atoms with E-state index in [4.69, 9.17) is 0 Å². The number of hydrogen-bond donors (Lipinski definition) is 1. The largest absolute Gasteiger partial charge is 0.324 e. The van der Waals surface area contributed by atoms with E-state index in [9.17, 15) is 9.59 Å². The quantitative estimate of drug-likeness (QED) is 0.779. The van der Waals surface area contributed by atoms with Gasteiger partial charge in [-0.3, -0.25) is 9.59 Å². The molecule has 2 aromatic carbocycles. The molecule has 0 spiro atoms. The normalized spacial score (nSPS) is 10.8. The van der Waals surface area contributed by atoms with E-state index in [2.05, 4.69) is 24.3 Å². The minimum atomic E-state index is -0.257. The Morgan fingerprint density at radius 3 is 2.40 bits per heavy atom. The van der Waals surface area contributed by atoms with E-state index in [1.165, 1.54) is 4.68 Å². The number of hydrogen-bond acceptors (Lipinski definition) is 3. The molecule has 1 N–H and O–H groups in total. The third-order valence-corrected chi connectivity index (χ3v) is 4.32. The van der Waals surface area contributed by atoms with E-state index < -0.39 is 0 Å². The topological polar surface area (TPSA) is 64.0 Å². The van der Waals surface area contributed by atoms with Crippen LogP contribution < -0.4 is 10.9 Å². The average molecular weight is 335 g/mol. The minimum Gasteiger partial charge on any atom is -0.324 e. The lowest BCUT2D eigenvalue weighted by Gasteiger charge is -2.14. The Bertz CT molecular complexity index is 954. The van der Waals surface area contributed by atoms with E-state index in [0.717, 1.165) is 35.0 Å². The average Bonchev–Trinajstić information content (AvgIpc) is 2.64. The summed E-state index contributed by atoms with van der Waals surface area (Å²) in [6, 6.07) is 13.3. The van der Waals surface area contributed by atoms with Crippen LogP contribution in [0.5, 0.6) is 0 Å². The number of nitrogens with zero attached hydrogens (tertiary/aromatic N) is 2. The molecule has 0 saturated heterocycles. The molecule has 3 aromatic rings. The molecular formula is C20H21N3O2. The van der Waals surface area contributed by atoms with Gasteiger partial charge < -0.3 is 5.32 Å². The molecule has 25 heavy (non-hydrogen) atoms. The van der Waals surface area contributed by atoms with Gasteiger partial charge in [0, 0.05) is 11.1 Å². The van der Waals surface area contributed by atoms with Crippen LogP contribution >= 0.6 is 0 Å². The van der Waals surface area contributed by atoms with Gasteiger partial charge in [0.1, 0.15) is 6.54 Å². The van der Waals surface area contributed by atoms with Crippen LogP contribution in [0.1, 0.15) is 25.0 Å². The molecule has 5 nitrogen and oxygen atoms in total. The second-order valence-corrected chi connectivity index (χ2v) is 5.90. The van der Waals surface area contributed by atoms with Gasteiger partial charge >= 0.3 is 0 Å². The molecule has 3 rings (SSSR count). The van der Waals surface area contributed by atoms with Crippen LogP contribution in [0.2, 0.25) is 0 Å². The molecule has 0 aliphatic heterocycles. The number of amides is 1. The lowest BCUT2D eigenvalue weighted by molar-refractivity contribution is -0.117. The lowest BCUT2D eigenvalue weighted by Crippen LogP contribution is -2.30. The van der Waals surface area contributed by atoms with Crippen molar-refractivity contribution < 1.29 is 4.79 Å². The zero-order valence-corrected chi connectivity index (χ0v) is 14.5. The molecule has 1 amide bonds. The molecule has 1 heterocycles. The second kappa shape index (κ2) is 7.30. The maximum Gasteiger partial charge on any atom is 0.275 e. The monoisotopic (exact) mass is 335 g/mol. The fourth-order valence-electron chi connectivity index (χ4n) is 2.96. The molecule has 0 fully saturated rings. The molecule has 0 bridgehead atoms. The van der Waals surface area contributed by atoms with E-state index in [1.807, 2.05) is 30.3 Å². The summed E-state index contributed by atoms with van der Waals surface area (Å²) in [4.78, 5) is 25.0. The Labute approximate surface area is 146 Å². The van der Waals surface area contributed by atoms with Gasteiger partial charge in [0.2, 0.25) is 5.91 Å². The first-order valence-corrected chi connectivity index (χ1v) is 8.49. The fourth-order valence-corrected chi connectivity index (χ4v) is 2.96. The molecule has 5 heteroatoms. The SMILES string of the molecule is CCc1cccc(CC)c1NC(=O)Cn1ncc2ccccc2c1=O. The highest BCUT2D eigenvalue weighted by molar-refractivity contribution is 5.92. The number of benzene rings is 2. The summed E-state index contributed by atoms with van der Waals surface area (Å²) in [5.74, 6) is -0.250. The molecule has 0 aliphatic rings. The van der Waals surface area contributed by atoms with Crippen molar-refractivity contribution in [1.29, 1.82) is 0 Å². The predicted molar refractivity (Wildman–Crippen MR) is 99.8 cm³/mol. The number of carbonyl (C=O) groups is 1. The molecule has 0 unspecified atom stereocenters. The van der Waals surface area contributed by atoms with Crippen molar-refractivity contribution in [3.05, 3.63) is 70.1 Å². The highest BCUT2D eigenvalue weighted by Crippen LogP contribution is 2.22. The van der Waals surface area contributed by atoms with E-state index in [1.54, 1.807) is 18.3 Å².